The van der Waals surface area contributed by atoms with Crippen LogP contribution in [0.4, 0.5) is 0 Å². The number of rotatable bonds is 63. The molecule has 2 N–H and O–H groups in total. The highest BCUT2D eigenvalue weighted by atomic mass is 31.2. The van der Waals surface area contributed by atoms with Gasteiger partial charge < -0.3 is 19.4 Å². The lowest BCUT2D eigenvalue weighted by Crippen LogP contribution is -2.47. The van der Waals surface area contributed by atoms with E-state index in [-0.39, 0.29) is 25.1 Å². The quantitative estimate of drug-likeness (QED) is 0.0205. The van der Waals surface area contributed by atoms with Crippen molar-refractivity contribution in [1.82, 2.24) is 5.32 Å². The highest BCUT2D eigenvalue weighted by Gasteiger charge is 2.30. The summed E-state index contributed by atoms with van der Waals surface area (Å²) in [5.41, 5.74) is 0. The highest BCUT2D eigenvalue weighted by molar-refractivity contribution is 7.47. The third-order valence-corrected chi connectivity index (χ3v) is 16.6. The minimum atomic E-state index is -4.44. The van der Waals surface area contributed by atoms with Crippen LogP contribution in [0.2, 0.25) is 0 Å². The number of phosphoric acid groups is 1. The molecule has 0 aromatic rings. The molecule has 0 aromatic heterocycles. The molecule has 3 unspecified atom stereocenters. The molecule has 0 aliphatic carbocycles. The van der Waals surface area contributed by atoms with E-state index < -0.39 is 20.0 Å². The van der Waals surface area contributed by atoms with E-state index in [0.717, 1.165) is 57.8 Å². The third-order valence-electron chi connectivity index (χ3n) is 15.6. The van der Waals surface area contributed by atoms with E-state index >= 15 is 0 Å². The maximum Gasteiger partial charge on any atom is 0.472 e. The van der Waals surface area contributed by atoms with Crippen LogP contribution in [-0.4, -0.2) is 74.3 Å². The summed E-state index contributed by atoms with van der Waals surface area (Å²) in [5.74, 6) is -0.485. The summed E-state index contributed by atoms with van der Waals surface area (Å²) < 4.78 is 30.7. The van der Waals surface area contributed by atoms with Crippen molar-refractivity contribution in [3.8, 4) is 0 Å². The monoisotopic (exact) mass is 1120 g/mol. The molecule has 1 amide bonds. The molecule has 3 atom stereocenters. The molecular weight excluding hydrogens is 988 g/mol. The Labute approximate surface area is 485 Å². The number of hydrogen-bond donors (Lipinski definition) is 2. The number of allylic oxidation sites excluding steroid dienone is 3. The maximum absolute atomic E-state index is 13.6. The second-order valence-corrected chi connectivity index (χ2v) is 26.2. The van der Waals surface area contributed by atoms with Crippen LogP contribution in [0.25, 0.3) is 0 Å². The van der Waals surface area contributed by atoms with Crippen LogP contribution in [0.5, 0.6) is 0 Å². The largest absolute Gasteiger partial charge is 0.472 e. The molecule has 0 aromatic carbocycles. The van der Waals surface area contributed by atoms with Crippen molar-refractivity contribution in [3.05, 3.63) is 24.3 Å². The van der Waals surface area contributed by atoms with Crippen LogP contribution >= 0.6 is 7.82 Å². The molecule has 0 aliphatic heterocycles. The normalized spacial score (nSPS) is 13.7. The molecule has 0 spiro atoms. The lowest BCUT2D eigenvalue weighted by Gasteiger charge is -2.27. The van der Waals surface area contributed by atoms with Gasteiger partial charge in [0.2, 0.25) is 5.91 Å². The molecule has 9 nitrogen and oxygen atoms in total. The lowest BCUT2D eigenvalue weighted by molar-refractivity contribution is -0.870. The highest BCUT2D eigenvalue weighted by Crippen LogP contribution is 2.43. The number of hydrogen-bond acceptors (Lipinski definition) is 6. The number of esters is 1. The van der Waals surface area contributed by atoms with Gasteiger partial charge in [-0.2, -0.15) is 0 Å². The van der Waals surface area contributed by atoms with E-state index in [0.29, 0.717) is 23.9 Å². The summed E-state index contributed by atoms with van der Waals surface area (Å²) in [6.07, 6.45) is 70.5. The Morgan fingerprint density at radius 3 is 1.09 bits per heavy atom. The van der Waals surface area contributed by atoms with Gasteiger partial charge in [-0.05, 0) is 57.4 Å². The van der Waals surface area contributed by atoms with Gasteiger partial charge >= 0.3 is 13.8 Å². The van der Waals surface area contributed by atoms with Crippen LogP contribution in [0, 0.1) is 0 Å². The molecule has 0 radical (unpaired) electrons. The second-order valence-electron chi connectivity index (χ2n) is 24.7. The van der Waals surface area contributed by atoms with Crippen LogP contribution in [0.3, 0.4) is 0 Å². The summed E-state index contributed by atoms with van der Waals surface area (Å²) >= 11 is 0. The smallest absolute Gasteiger partial charge is 0.456 e. The number of phosphoric ester groups is 1. The van der Waals surface area contributed by atoms with E-state index in [4.69, 9.17) is 13.8 Å². The summed E-state index contributed by atoms with van der Waals surface area (Å²) in [7, 11) is 1.52. The number of quaternary nitrogens is 1. The SMILES string of the molecule is CCCCCCCC/C=C/CCCCCCCCCCCCCCCCCCCC(=O)NC(COP(=O)(O)OCC[N+](C)(C)C)C(/C=C\CCCCCCCCCCC)OC(=O)CCCCCCCCCCCCCCCC. The Morgan fingerprint density at radius 2 is 0.744 bits per heavy atom. The molecule has 10 heteroatoms. The number of carbonyl (C=O) groups excluding carboxylic acids is 2. The van der Waals surface area contributed by atoms with Gasteiger partial charge in [0.15, 0.2) is 0 Å². The van der Waals surface area contributed by atoms with E-state index in [1.165, 1.54) is 257 Å². The van der Waals surface area contributed by atoms with Crippen molar-refractivity contribution in [2.45, 2.75) is 360 Å². The summed E-state index contributed by atoms with van der Waals surface area (Å²) in [6, 6.07) is -0.841. The summed E-state index contributed by atoms with van der Waals surface area (Å²) in [5, 5.41) is 3.07. The van der Waals surface area contributed by atoms with Gasteiger partial charge in [-0.3, -0.25) is 18.6 Å². The fraction of sp³-hybridized carbons (Fsp3) is 0.912. The topological polar surface area (TPSA) is 111 Å². The number of amides is 1. The van der Waals surface area contributed by atoms with E-state index in [1.54, 1.807) is 0 Å². The van der Waals surface area contributed by atoms with Crippen molar-refractivity contribution in [2.75, 3.05) is 40.9 Å². The fourth-order valence-corrected chi connectivity index (χ4v) is 11.1. The van der Waals surface area contributed by atoms with Gasteiger partial charge in [0, 0.05) is 12.8 Å². The van der Waals surface area contributed by atoms with Gasteiger partial charge in [0.25, 0.3) is 0 Å². The van der Waals surface area contributed by atoms with Gasteiger partial charge in [-0.25, -0.2) is 4.57 Å². The van der Waals surface area contributed by atoms with E-state index in [1.807, 2.05) is 33.3 Å². The Morgan fingerprint density at radius 1 is 0.436 bits per heavy atom. The minimum Gasteiger partial charge on any atom is -0.456 e. The molecular formula is C68H134N2O7P+. The number of unbranched alkanes of at least 4 members (excludes halogenated alkanes) is 45. The fourth-order valence-electron chi connectivity index (χ4n) is 10.4. The predicted molar refractivity (Wildman–Crippen MR) is 337 cm³/mol. The van der Waals surface area contributed by atoms with Gasteiger partial charge in [0.05, 0.1) is 33.8 Å². The molecule has 0 bridgehead atoms. The van der Waals surface area contributed by atoms with Crippen molar-refractivity contribution >= 4 is 19.7 Å². The molecule has 0 heterocycles. The second kappa shape index (κ2) is 58.7. The Balaban J connectivity index is 4.93. The lowest BCUT2D eigenvalue weighted by atomic mass is 10.0. The number of nitrogens with zero attached hydrogens (tertiary/aromatic N) is 1. The summed E-state index contributed by atoms with van der Waals surface area (Å²) in [4.78, 5) is 37.7. The van der Waals surface area contributed by atoms with Crippen molar-refractivity contribution in [2.24, 2.45) is 0 Å². The number of carbonyl (C=O) groups is 2. The number of ether oxygens (including phenoxy) is 1. The molecule has 0 rings (SSSR count). The van der Waals surface area contributed by atoms with Crippen LogP contribution < -0.4 is 5.32 Å². The minimum absolute atomic E-state index is 0.0446. The molecule has 78 heavy (non-hydrogen) atoms. The molecule has 462 valence electrons. The maximum atomic E-state index is 13.6. The Bertz CT molecular complexity index is 1380. The van der Waals surface area contributed by atoms with Crippen molar-refractivity contribution in [3.63, 3.8) is 0 Å². The Kier molecular flexibility index (Phi) is 57.5. The van der Waals surface area contributed by atoms with Crippen molar-refractivity contribution in [1.29, 1.82) is 0 Å². The van der Waals surface area contributed by atoms with Gasteiger partial charge in [0.1, 0.15) is 19.3 Å². The molecule has 0 saturated carbocycles. The predicted octanol–water partition coefficient (Wildman–Crippen LogP) is 21.3. The van der Waals surface area contributed by atoms with E-state index in [2.05, 4.69) is 38.2 Å². The first kappa shape index (κ1) is 76.5. The first-order chi connectivity index (χ1) is 37.9. The molecule has 0 saturated heterocycles. The van der Waals surface area contributed by atoms with Crippen LogP contribution in [-0.2, 0) is 27.9 Å². The van der Waals surface area contributed by atoms with Crippen LogP contribution in [0.15, 0.2) is 24.3 Å². The average molecular weight is 1120 g/mol. The van der Waals surface area contributed by atoms with Gasteiger partial charge in [-0.1, -0.05) is 302 Å². The molecule has 0 fully saturated rings. The first-order valence-electron chi connectivity index (χ1n) is 34.2. The number of nitrogens with one attached hydrogen (secondary N) is 1. The van der Waals surface area contributed by atoms with Crippen LogP contribution in [0.1, 0.15) is 348 Å². The third kappa shape index (κ3) is 59.1. The van der Waals surface area contributed by atoms with E-state index in [9.17, 15) is 19.0 Å². The average Bonchev–Trinajstić information content (AvgIpc) is 3.41. The zero-order chi connectivity index (χ0) is 57.2. The first-order valence-corrected chi connectivity index (χ1v) is 35.7. The molecule has 0 aliphatic rings. The number of likely N-dealkylation sites (N-methyl/N-ethyl adjacent to an activating group) is 1. The Hall–Kier alpha value is -1.51. The van der Waals surface area contributed by atoms with Crippen molar-refractivity contribution < 1.29 is 37.3 Å². The van der Waals surface area contributed by atoms with Gasteiger partial charge in [-0.15, -0.1) is 0 Å². The zero-order valence-corrected chi connectivity index (χ0v) is 53.8. The standard InChI is InChI=1S/C68H133N2O7P/c1-7-10-13-16-19-22-25-27-29-30-31-32-33-34-35-36-37-38-39-40-41-42-45-48-51-54-57-60-67(71)69-65(64-76-78(73,74)75-63-62-70(4,5)6)66(59-56-53-50-47-44-24-21-18-15-12-9-3)77-68(72)61-58-55-52-49-46-43-28-26-23-20-17-14-11-8-2/h27,29,56,59,65-66H,7-26,28,30-55,57-58,60-64H2,1-6H3,(H-,69,71,73,74)/p+1/b29-27+,59-56-. The summed E-state index contributed by atoms with van der Waals surface area (Å²) in [6.45, 7) is 7.06. The zero-order valence-electron chi connectivity index (χ0n) is 52.9.